The van der Waals surface area contributed by atoms with Crippen molar-refractivity contribution in [2.24, 2.45) is 10.8 Å². The molecule has 314 valence electrons. The molecule has 0 spiro atoms. The van der Waals surface area contributed by atoms with Crippen molar-refractivity contribution in [1.29, 1.82) is 0 Å². The number of ether oxygens (including phenoxy) is 1. The molecule has 1 aromatic heterocycles. The third-order valence-corrected chi connectivity index (χ3v) is 10.6. The fourth-order valence-corrected chi connectivity index (χ4v) is 7.60. The number of rotatable bonds is 8. The van der Waals surface area contributed by atoms with E-state index < -0.39 is 0 Å². The molecule has 0 bridgehead atoms. The summed E-state index contributed by atoms with van der Waals surface area (Å²) in [6.45, 7) is 30.0. The summed E-state index contributed by atoms with van der Waals surface area (Å²) in [7, 11) is 0. The molecule has 2 heterocycles. The smallest absolute Gasteiger partial charge is 0.135 e. The van der Waals surface area contributed by atoms with Gasteiger partial charge >= 0.3 is 0 Å². The van der Waals surface area contributed by atoms with E-state index in [-0.39, 0.29) is 42.7 Å². The second-order valence-electron chi connectivity index (χ2n) is 19.7. The van der Waals surface area contributed by atoms with Crippen LogP contribution in [0.15, 0.2) is 145 Å². The van der Waals surface area contributed by atoms with Crippen molar-refractivity contribution in [3.63, 3.8) is 0 Å². The van der Waals surface area contributed by atoms with Crippen molar-refractivity contribution in [2.75, 3.05) is 14.7 Å². The molecule has 6 aromatic rings. The van der Waals surface area contributed by atoms with Crippen LogP contribution in [-0.2, 0) is 31.9 Å². The first-order valence-electron chi connectivity index (χ1n) is 20.7. The SMILES string of the molecule is CC(C)(C)C1=C(C(C)(C)C)N(c2cc(C(C)(C)C)cc(C(C)(C)C)c2)[CH-]N1c1[c-]c(Oc2[c-]c(N(c3ccccc3)c3ccccn3)ccc2)cc(-c2ccccc2)c1.[Pt]. The summed E-state index contributed by atoms with van der Waals surface area (Å²) in [4.78, 5) is 11.6. The van der Waals surface area contributed by atoms with Gasteiger partial charge in [0.25, 0.3) is 0 Å². The number of allylic oxidation sites excluding steroid dienone is 2. The van der Waals surface area contributed by atoms with Gasteiger partial charge in [0.1, 0.15) is 5.82 Å². The van der Waals surface area contributed by atoms with Gasteiger partial charge in [-0.25, -0.2) is 4.98 Å². The molecule has 0 saturated carbocycles. The largest absolute Gasteiger partial charge is 0.509 e. The number of aromatic nitrogens is 1. The molecule has 1 aliphatic heterocycles. The minimum Gasteiger partial charge on any atom is -0.509 e. The summed E-state index contributed by atoms with van der Waals surface area (Å²) in [6.07, 6.45) is 1.81. The van der Waals surface area contributed by atoms with Gasteiger partial charge in [-0.3, -0.25) is 0 Å². The van der Waals surface area contributed by atoms with E-state index in [9.17, 15) is 0 Å². The van der Waals surface area contributed by atoms with Crippen LogP contribution in [0, 0.1) is 29.6 Å². The van der Waals surface area contributed by atoms with E-state index in [0.717, 1.165) is 39.7 Å². The van der Waals surface area contributed by atoms with Crippen LogP contribution in [0.5, 0.6) is 11.5 Å². The Morgan fingerprint density at radius 1 is 0.533 bits per heavy atom. The number of anilines is 5. The van der Waals surface area contributed by atoms with Gasteiger partial charge in [0.2, 0.25) is 0 Å². The zero-order valence-corrected chi connectivity index (χ0v) is 39.6. The van der Waals surface area contributed by atoms with Gasteiger partial charge in [-0.1, -0.05) is 149 Å². The Bertz CT molecular complexity index is 2360. The Morgan fingerprint density at radius 2 is 1.12 bits per heavy atom. The third-order valence-electron chi connectivity index (χ3n) is 10.6. The number of benzene rings is 5. The van der Waals surface area contributed by atoms with Gasteiger partial charge in [-0.05, 0) is 63.9 Å². The first kappa shape index (κ1) is 44.4. The zero-order valence-electron chi connectivity index (χ0n) is 37.3. The summed E-state index contributed by atoms with van der Waals surface area (Å²) in [6, 6.07) is 51.4. The molecule has 0 N–H and O–H groups in total. The van der Waals surface area contributed by atoms with Gasteiger partial charge in [-0.2, -0.15) is 6.07 Å². The van der Waals surface area contributed by atoms with Gasteiger partial charge in [0.05, 0.1) is 0 Å². The molecule has 0 aliphatic carbocycles. The molecule has 0 saturated heterocycles. The van der Waals surface area contributed by atoms with Crippen LogP contribution >= 0.6 is 0 Å². The van der Waals surface area contributed by atoms with Crippen LogP contribution in [-0.4, -0.2) is 4.98 Å². The van der Waals surface area contributed by atoms with E-state index in [1.807, 2.05) is 60.8 Å². The summed E-state index contributed by atoms with van der Waals surface area (Å²) in [5.74, 6) is 1.97. The Labute approximate surface area is 374 Å². The number of hydrogen-bond donors (Lipinski definition) is 0. The first-order valence-corrected chi connectivity index (χ1v) is 20.7. The average molecular weight is 975 g/mol. The van der Waals surface area contributed by atoms with Crippen molar-refractivity contribution in [3.8, 4) is 22.6 Å². The number of para-hydroxylation sites is 1. The van der Waals surface area contributed by atoms with Gasteiger partial charge in [-0.15, -0.1) is 54.3 Å². The maximum Gasteiger partial charge on any atom is 0.135 e. The maximum absolute atomic E-state index is 6.81. The summed E-state index contributed by atoms with van der Waals surface area (Å²) in [5, 5.41) is 0. The topological polar surface area (TPSA) is 31.8 Å². The minimum atomic E-state index is -0.228. The zero-order chi connectivity index (χ0) is 42.3. The average Bonchev–Trinajstić information content (AvgIpc) is 3.62. The normalized spacial score (nSPS) is 13.7. The molecule has 5 nitrogen and oxygen atoms in total. The van der Waals surface area contributed by atoms with Crippen LogP contribution in [0.1, 0.15) is 94.2 Å². The van der Waals surface area contributed by atoms with Gasteiger partial charge in [0.15, 0.2) is 0 Å². The number of pyridine rings is 1. The summed E-state index contributed by atoms with van der Waals surface area (Å²) >= 11 is 0. The predicted molar refractivity (Wildman–Crippen MR) is 248 cm³/mol. The molecule has 60 heavy (non-hydrogen) atoms. The Morgan fingerprint density at radius 3 is 1.68 bits per heavy atom. The second-order valence-corrected chi connectivity index (χ2v) is 19.7. The van der Waals surface area contributed by atoms with Crippen LogP contribution in [0.2, 0.25) is 0 Å². The van der Waals surface area contributed by atoms with E-state index in [4.69, 9.17) is 9.72 Å². The summed E-state index contributed by atoms with van der Waals surface area (Å²) in [5.41, 5.74) is 10.6. The fourth-order valence-electron chi connectivity index (χ4n) is 7.60. The molecule has 1 aliphatic rings. The standard InChI is InChI=1S/C54H59N4O.Pt/c1-51(2,3)40-32-41(52(4,5)6)34-45(33-40)57-37-56(49(53(7,8)9)50(57)54(10,11)12)44-30-39(38-22-15-13-16-23-38)31-47(36-44)59-46-27-21-26-43(35-46)58(42-24-17-14-18-25-42)48-28-19-20-29-55-48;/h13-34,37H,1-12H3;/q-3;. The molecule has 0 amide bonds. The Hall–Kier alpha value is -5.12. The quantitative estimate of drug-likeness (QED) is 0.142. The van der Waals surface area contributed by atoms with Crippen molar-refractivity contribution in [2.45, 2.75) is 93.9 Å². The van der Waals surface area contributed by atoms with Crippen LogP contribution in [0.3, 0.4) is 0 Å². The van der Waals surface area contributed by atoms with E-state index in [2.05, 4.69) is 189 Å². The molecular weight excluding hydrogens is 916 g/mol. The maximum atomic E-state index is 6.81. The molecular formula is C54H59N4OPt-3. The van der Waals surface area contributed by atoms with Crippen LogP contribution < -0.4 is 19.4 Å². The van der Waals surface area contributed by atoms with Crippen molar-refractivity contribution >= 4 is 28.6 Å². The van der Waals surface area contributed by atoms with Crippen LogP contribution in [0.25, 0.3) is 11.1 Å². The molecule has 0 radical (unpaired) electrons. The Balaban J connectivity index is 0.00000604. The number of hydrogen-bond acceptors (Lipinski definition) is 5. The van der Waals surface area contributed by atoms with E-state index in [0.29, 0.717) is 11.5 Å². The number of nitrogens with zero attached hydrogens (tertiary/aromatic N) is 4. The molecule has 7 rings (SSSR count). The second kappa shape index (κ2) is 17.1. The van der Waals surface area contributed by atoms with Gasteiger partial charge in [0, 0.05) is 72.4 Å². The van der Waals surface area contributed by atoms with Crippen molar-refractivity contribution in [1.82, 2.24) is 4.98 Å². The van der Waals surface area contributed by atoms with E-state index >= 15 is 0 Å². The molecule has 0 atom stereocenters. The molecule has 6 heteroatoms. The molecule has 0 fully saturated rings. The monoisotopic (exact) mass is 974 g/mol. The van der Waals surface area contributed by atoms with Crippen LogP contribution in [0.4, 0.5) is 28.6 Å². The molecule has 5 aromatic carbocycles. The third kappa shape index (κ3) is 9.74. The fraction of sp³-hybridized carbons (Fsp3) is 0.296. The predicted octanol–water partition coefficient (Wildman–Crippen LogP) is 15.0. The first-order chi connectivity index (χ1) is 27.8. The van der Waals surface area contributed by atoms with E-state index in [1.165, 1.54) is 22.5 Å². The van der Waals surface area contributed by atoms with Crippen molar-refractivity contribution < 1.29 is 25.8 Å². The van der Waals surface area contributed by atoms with E-state index in [1.54, 1.807) is 0 Å². The van der Waals surface area contributed by atoms with Crippen molar-refractivity contribution in [3.05, 3.63) is 175 Å². The summed E-state index contributed by atoms with van der Waals surface area (Å²) < 4.78 is 6.81. The molecule has 0 unspecified atom stereocenters. The van der Waals surface area contributed by atoms with Gasteiger partial charge < -0.3 is 19.4 Å². The Kier molecular flexibility index (Phi) is 12.7. The minimum absolute atomic E-state index is 0.